The molecule has 0 saturated heterocycles. The van der Waals surface area contributed by atoms with Crippen molar-refractivity contribution in [2.75, 3.05) is 6.54 Å². The van der Waals surface area contributed by atoms with Crippen LogP contribution in [0.25, 0.3) is 0 Å². The van der Waals surface area contributed by atoms with Crippen LogP contribution in [0.5, 0.6) is 0 Å². The molecule has 0 unspecified atom stereocenters. The van der Waals surface area contributed by atoms with Gasteiger partial charge in [-0.05, 0) is 65.9 Å². The summed E-state index contributed by atoms with van der Waals surface area (Å²) < 4.78 is 13.6. The van der Waals surface area contributed by atoms with Gasteiger partial charge >= 0.3 is 0 Å². The van der Waals surface area contributed by atoms with Gasteiger partial charge in [0.1, 0.15) is 5.82 Å². The summed E-state index contributed by atoms with van der Waals surface area (Å²) in [7, 11) is 0. The predicted molar refractivity (Wildman–Crippen MR) is 72.4 cm³/mol. The van der Waals surface area contributed by atoms with E-state index in [-0.39, 0.29) is 5.82 Å². The number of halogens is 2. The summed E-state index contributed by atoms with van der Waals surface area (Å²) in [6.07, 6.45) is 7.34. The molecule has 0 aromatic heterocycles. The lowest BCUT2D eigenvalue weighted by Crippen LogP contribution is -2.15. The largest absolute Gasteiger partial charge is 0.312 e. The van der Waals surface area contributed by atoms with Gasteiger partial charge in [-0.25, -0.2) is 4.39 Å². The van der Waals surface area contributed by atoms with Crippen LogP contribution in [0.1, 0.15) is 31.2 Å². The van der Waals surface area contributed by atoms with Crippen molar-refractivity contribution >= 4 is 15.9 Å². The standard InChI is InChI=1S/C14H17BrFN/c15-13-9-12(5-6-14(13)16)10-17-8-7-11-3-1-2-4-11/h3,5-6,9,17H,1-2,4,7-8,10H2. The van der Waals surface area contributed by atoms with Crippen LogP contribution in [0.15, 0.2) is 34.3 Å². The molecule has 0 heterocycles. The molecular weight excluding hydrogens is 281 g/mol. The lowest BCUT2D eigenvalue weighted by Gasteiger charge is -2.06. The molecule has 3 heteroatoms. The Hall–Kier alpha value is -0.670. The molecule has 1 nitrogen and oxygen atoms in total. The third kappa shape index (κ3) is 3.93. The first-order chi connectivity index (χ1) is 8.25. The van der Waals surface area contributed by atoms with Crippen molar-refractivity contribution in [3.05, 3.63) is 45.7 Å². The van der Waals surface area contributed by atoms with Gasteiger partial charge in [-0.2, -0.15) is 0 Å². The van der Waals surface area contributed by atoms with E-state index in [1.165, 1.54) is 25.3 Å². The molecule has 1 aromatic rings. The third-order valence-electron chi connectivity index (χ3n) is 3.07. The summed E-state index contributed by atoms with van der Waals surface area (Å²) in [5.74, 6) is -0.204. The van der Waals surface area contributed by atoms with E-state index in [0.717, 1.165) is 25.1 Å². The minimum Gasteiger partial charge on any atom is -0.312 e. The molecule has 17 heavy (non-hydrogen) atoms. The molecule has 0 atom stereocenters. The minimum absolute atomic E-state index is 0.204. The van der Waals surface area contributed by atoms with E-state index in [2.05, 4.69) is 27.3 Å². The van der Waals surface area contributed by atoms with Gasteiger partial charge in [-0.1, -0.05) is 17.7 Å². The first kappa shape index (κ1) is 12.8. The molecule has 0 aliphatic heterocycles. The third-order valence-corrected chi connectivity index (χ3v) is 3.68. The van der Waals surface area contributed by atoms with E-state index in [1.54, 1.807) is 5.57 Å². The van der Waals surface area contributed by atoms with Crippen molar-refractivity contribution < 1.29 is 4.39 Å². The highest BCUT2D eigenvalue weighted by atomic mass is 79.9. The summed E-state index contributed by atoms with van der Waals surface area (Å²) in [6.45, 7) is 1.80. The Labute approximate surface area is 110 Å². The fraction of sp³-hybridized carbons (Fsp3) is 0.429. The Bertz CT molecular complexity index is 415. The van der Waals surface area contributed by atoms with Crippen LogP contribution >= 0.6 is 15.9 Å². The Balaban J connectivity index is 1.72. The molecule has 0 saturated carbocycles. The van der Waals surface area contributed by atoms with E-state index in [9.17, 15) is 4.39 Å². The molecule has 0 amide bonds. The lowest BCUT2D eigenvalue weighted by molar-refractivity contribution is 0.618. The molecule has 1 aliphatic carbocycles. The molecule has 2 rings (SSSR count). The molecule has 1 aliphatic rings. The zero-order valence-electron chi connectivity index (χ0n) is 9.81. The summed E-state index contributed by atoms with van der Waals surface area (Å²) in [6, 6.07) is 5.15. The Morgan fingerprint density at radius 1 is 1.35 bits per heavy atom. The molecule has 1 aromatic carbocycles. The van der Waals surface area contributed by atoms with Crippen LogP contribution in [0.4, 0.5) is 4.39 Å². The molecular formula is C14H17BrFN. The second-order valence-corrected chi connectivity index (χ2v) is 5.28. The van der Waals surface area contributed by atoms with Crippen LogP contribution in [-0.4, -0.2) is 6.54 Å². The fourth-order valence-corrected chi connectivity index (χ4v) is 2.52. The highest BCUT2D eigenvalue weighted by Gasteiger charge is 2.04. The molecule has 0 spiro atoms. The number of hydrogen-bond acceptors (Lipinski definition) is 1. The molecule has 0 radical (unpaired) electrons. The van der Waals surface area contributed by atoms with Crippen LogP contribution in [0.3, 0.4) is 0 Å². The van der Waals surface area contributed by atoms with Gasteiger partial charge in [0.15, 0.2) is 0 Å². The molecule has 92 valence electrons. The van der Waals surface area contributed by atoms with Crippen molar-refractivity contribution in [2.45, 2.75) is 32.2 Å². The summed E-state index contributed by atoms with van der Waals surface area (Å²) in [4.78, 5) is 0. The number of allylic oxidation sites excluding steroid dienone is 1. The second kappa shape index (κ2) is 6.31. The monoisotopic (exact) mass is 297 g/mol. The maximum atomic E-state index is 13.0. The van der Waals surface area contributed by atoms with Crippen LogP contribution in [-0.2, 0) is 6.54 Å². The number of nitrogens with one attached hydrogen (secondary N) is 1. The van der Waals surface area contributed by atoms with Crippen LogP contribution in [0, 0.1) is 5.82 Å². The first-order valence-corrected chi connectivity index (χ1v) is 6.87. The van der Waals surface area contributed by atoms with Gasteiger partial charge in [0, 0.05) is 6.54 Å². The highest BCUT2D eigenvalue weighted by molar-refractivity contribution is 9.10. The first-order valence-electron chi connectivity index (χ1n) is 6.08. The van der Waals surface area contributed by atoms with Gasteiger partial charge in [0.05, 0.1) is 4.47 Å². The van der Waals surface area contributed by atoms with Gasteiger partial charge in [0.25, 0.3) is 0 Å². The van der Waals surface area contributed by atoms with Gasteiger partial charge in [-0.15, -0.1) is 0 Å². The maximum Gasteiger partial charge on any atom is 0.137 e. The Morgan fingerprint density at radius 3 is 2.94 bits per heavy atom. The number of hydrogen-bond donors (Lipinski definition) is 1. The minimum atomic E-state index is -0.204. The summed E-state index contributed by atoms with van der Waals surface area (Å²) in [5.41, 5.74) is 2.69. The van der Waals surface area contributed by atoms with Crippen molar-refractivity contribution in [1.29, 1.82) is 0 Å². The topological polar surface area (TPSA) is 12.0 Å². The van der Waals surface area contributed by atoms with Crippen molar-refractivity contribution in [3.8, 4) is 0 Å². The SMILES string of the molecule is Fc1ccc(CNCCC2=CCCC2)cc1Br. The molecule has 1 N–H and O–H groups in total. The van der Waals surface area contributed by atoms with Crippen LogP contribution < -0.4 is 5.32 Å². The summed E-state index contributed by atoms with van der Waals surface area (Å²) in [5, 5.41) is 3.39. The van der Waals surface area contributed by atoms with E-state index in [4.69, 9.17) is 0 Å². The average molecular weight is 298 g/mol. The Kier molecular flexibility index (Phi) is 4.75. The maximum absolute atomic E-state index is 13.0. The predicted octanol–water partition coefficient (Wildman–Crippen LogP) is 4.18. The highest BCUT2D eigenvalue weighted by Crippen LogP contribution is 2.20. The van der Waals surface area contributed by atoms with Crippen molar-refractivity contribution in [2.24, 2.45) is 0 Å². The zero-order chi connectivity index (χ0) is 12.1. The quantitative estimate of drug-likeness (QED) is 0.635. The molecule has 0 fully saturated rings. The average Bonchev–Trinajstić information content (AvgIpc) is 2.82. The smallest absolute Gasteiger partial charge is 0.137 e. The fourth-order valence-electron chi connectivity index (χ4n) is 2.10. The van der Waals surface area contributed by atoms with E-state index in [1.807, 2.05) is 12.1 Å². The van der Waals surface area contributed by atoms with E-state index < -0.39 is 0 Å². The van der Waals surface area contributed by atoms with E-state index in [0.29, 0.717) is 4.47 Å². The summed E-state index contributed by atoms with van der Waals surface area (Å²) >= 11 is 3.20. The van der Waals surface area contributed by atoms with Gasteiger partial charge < -0.3 is 5.32 Å². The number of rotatable bonds is 5. The lowest BCUT2D eigenvalue weighted by atomic mass is 10.1. The van der Waals surface area contributed by atoms with Gasteiger partial charge in [0.2, 0.25) is 0 Å². The molecule has 0 bridgehead atoms. The van der Waals surface area contributed by atoms with Crippen LogP contribution in [0.2, 0.25) is 0 Å². The van der Waals surface area contributed by atoms with Crippen molar-refractivity contribution in [3.63, 3.8) is 0 Å². The normalized spacial score (nSPS) is 15.1. The second-order valence-electron chi connectivity index (χ2n) is 4.43. The Morgan fingerprint density at radius 2 is 2.24 bits per heavy atom. The van der Waals surface area contributed by atoms with E-state index >= 15 is 0 Å². The van der Waals surface area contributed by atoms with Gasteiger partial charge in [-0.3, -0.25) is 0 Å². The zero-order valence-corrected chi connectivity index (χ0v) is 11.4. The van der Waals surface area contributed by atoms with Crippen molar-refractivity contribution in [1.82, 2.24) is 5.32 Å². The number of benzene rings is 1.